The Morgan fingerprint density at radius 1 is 0.967 bits per heavy atom. The minimum atomic E-state index is -4.50. The molecule has 0 saturated carbocycles. The summed E-state index contributed by atoms with van der Waals surface area (Å²) in [5, 5.41) is 2.73. The van der Waals surface area contributed by atoms with E-state index in [9.17, 15) is 18.0 Å². The second-order valence-corrected chi connectivity index (χ2v) is 7.38. The highest BCUT2D eigenvalue weighted by molar-refractivity contribution is 6.07. The normalized spacial score (nSPS) is 13.7. The van der Waals surface area contributed by atoms with Gasteiger partial charge in [-0.3, -0.25) is 4.79 Å². The van der Waals surface area contributed by atoms with E-state index in [1.54, 1.807) is 25.1 Å². The number of nitrogens with zero attached hydrogens (tertiary/aromatic N) is 1. The Labute approximate surface area is 173 Å². The zero-order valence-corrected chi connectivity index (χ0v) is 16.5. The van der Waals surface area contributed by atoms with Gasteiger partial charge in [0.05, 0.1) is 16.9 Å². The number of amides is 1. The van der Waals surface area contributed by atoms with E-state index in [1.807, 2.05) is 35.2 Å². The number of aryl methyl sites for hydroxylation is 2. The lowest BCUT2D eigenvalue weighted by molar-refractivity contribution is -0.137. The largest absolute Gasteiger partial charge is 0.416 e. The molecule has 3 aromatic rings. The van der Waals surface area contributed by atoms with Crippen LogP contribution < -0.4 is 10.2 Å². The van der Waals surface area contributed by atoms with E-state index in [0.29, 0.717) is 17.8 Å². The predicted molar refractivity (Wildman–Crippen MR) is 112 cm³/mol. The zero-order chi connectivity index (χ0) is 21.3. The summed E-state index contributed by atoms with van der Waals surface area (Å²) in [7, 11) is 0. The van der Waals surface area contributed by atoms with Crippen molar-refractivity contribution in [1.29, 1.82) is 0 Å². The van der Waals surface area contributed by atoms with Gasteiger partial charge in [0.15, 0.2) is 0 Å². The Kier molecular flexibility index (Phi) is 5.24. The van der Waals surface area contributed by atoms with Gasteiger partial charge in [-0.1, -0.05) is 36.4 Å². The van der Waals surface area contributed by atoms with Gasteiger partial charge in [0.25, 0.3) is 5.91 Å². The van der Waals surface area contributed by atoms with Crippen LogP contribution in [-0.2, 0) is 12.6 Å². The topological polar surface area (TPSA) is 32.3 Å². The SMILES string of the molecule is Cc1ccccc1C(=O)Nc1cc(C(F)(F)F)ccc1N1CCCc2ccccc21. The van der Waals surface area contributed by atoms with E-state index >= 15 is 0 Å². The molecule has 0 aliphatic carbocycles. The minimum Gasteiger partial charge on any atom is -0.340 e. The molecule has 0 saturated heterocycles. The molecule has 0 bridgehead atoms. The van der Waals surface area contributed by atoms with Crippen LogP contribution in [0.15, 0.2) is 66.7 Å². The standard InChI is InChI=1S/C24H21F3N2O/c1-16-7-2-4-10-19(16)23(30)28-20-15-18(24(25,26)27)12-13-22(20)29-14-6-9-17-8-3-5-11-21(17)29/h2-5,7-8,10-13,15H,6,9,14H2,1H3,(H,28,30). The number of anilines is 3. The Morgan fingerprint density at radius 3 is 2.47 bits per heavy atom. The summed E-state index contributed by atoms with van der Waals surface area (Å²) in [6.45, 7) is 2.46. The van der Waals surface area contributed by atoms with Crippen molar-refractivity contribution >= 4 is 23.0 Å². The molecular weight excluding hydrogens is 389 g/mol. The highest BCUT2D eigenvalue weighted by Crippen LogP contribution is 2.40. The summed E-state index contributed by atoms with van der Waals surface area (Å²) in [6.07, 6.45) is -2.71. The number of carbonyl (C=O) groups is 1. The van der Waals surface area contributed by atoms with Crippen molar-refractivity contribution in [3.8, 4) is 0 Å². The number of hydrogen-bond acceptors (Lipinski definition) is 2. The third-order valence-electron chi connectivity index (χ3n) is 5.36. The van der Waals surface area contributed by atoms with Crippen molar-refractivity contribution in [1.82, 2.24) is 0 Å². The van der Waals surface area contributed by atoms with Gasteiger partial charge in [-0.2, -0.15) is 13.2 Å². The van der Waals surface area contributed by atoms with Crippen molar-refractivity contribution in [2.75, 3.05) is 16.8 Å². The Hall–Kier alpha value is -3.28. The lowest BCUT2D eigenvalue weighted by atomic mass is 10.00. The van der Waals surface area contributed by atoms with Crippen molar-refractivity contribution in [3.63, 3.8) is 0 Å². The molecule has 1 heterocycles. The van der Waals surface area contributed by atoms with Crippen LogP contribution in [0.25, 0.3) is 0 Å². The number of para-hydroxylation sites is 1. The summed E-state index contributed by atoms with van der Waals surface area (Å²) in [5.74, 6) is -0.432. The van der Waals surface area contributed by atoms with E-state index in [4.69, 9.17) is 0 Å². The number of nitrogens with one attached hydrogen (secondary N) is 1. The molecule has 0 spiro atoms. The molecule has 0 fully saturated rings. The molecule has 1 amide bonds. The third-order valence-corrected chi connectivity index (χ3v) is 5.36. The highest BCUT2D eigenvalue weighted by Gasteiger charge is 2.32. The van der Waals surface area contributed by atoms with Gasteiger partial charge >= 0.3 is 6.18 Å². The lowest BCUT2D eigenvalue weighted by Crippen LogP contribution is -2.26. The number of rotatable bonds is 3. The van der Waals surface area contributed by atoms with Crippen LogP contribution in [-0.4, -0.2) is 12.5 Å². The maximum Gasteiger partial charge on any atom is 0.416 e. The van der Waals surface area contributed by atoms with Gasteiger partial charge in [-0.15, -0.1) is 0 Å². The summed E-state index contributed by atoms with van der Waals surface area (Å²) in [5.41, 5.74) is 3.19. The lowest BCUT2D eigenvalue weighted by Gasteiger charge is -2.33. The molecule has 4 rings (SSSR count). The highest BCUT2D eigenvalue weighted by atomic mass is 19.4. The average Bonchev–Trinajstić information content (AvgIpc) is 2.73. The van der Waals surface area contributed by atoms with E-state index < -0.39 is 17.6 Å². The Balaban J connectivity index is 1.78. The molecule has 0 atom stereocenters. The summed E-state index contributed by atoms with van der Waals surface area (Å²) in [6, 6.07) is 18.4. The molecule has 1 aliphatic rings. The average molecular weight is 410 g/mol. The first-order valence-electron chi connectivity index (χ1n) is 9.78. The molecule has 3 nitrogen and oxygen atoms in total. The van der Waals surface area contributed by atoms with Crippen LogP contribution in [0, 0.1) is 6.92 Å². The maximum absolute atomic E-state index is 13.4. The number of hydrogen-bond donors (Lipinski definition) is 1. The van der Waals surface area contributed by atoms with E-state index in [0.717, 1.165) is 41.8 Å². The molecule has 0 radical (unpaired) electrons. The quantitative estimate of drug-likeness (QED) is 0.546. The van der Waals surface area contributed by atoms with Crippen LogP contribution in [0.5, 0.6) is 0 Å². The fraction of sp³-hybridized carbons (Fsp3) is 0.208. The summed E-state index contributed by atoms with van der Waals surface area (Å²) < 4.78 is 40.1. The van der Waals surface area contributed by atoms with Crippen molar-refractivity contribution < 1.29 is 18.0 Å². The zero-order valence-electron chi connectivity index (χ0n) is 16.5. The van der Waals surface area contributed by atoms with Crippen LogP contribution in [0.4, 0.5) is 30.2 Å². The minimum absolute atomic E-state index is 0.148. The van der Waals surface area contributed by atoms with E-state index in [2.05, 4.69) is 5.32 Å². The molecule has 30 heavy (non-hydrogen) atoms. The smallest absolute Gasteiger partial charge is 0.340 e. The van der Waals surface area contributed by atoms with Crippen LogP contribution >= 0.6 is 0 Å². The fourth-order valence-corrected chi connectivity index (χ4v) is 3.85. The Bertz CT molecular complexity index is 1090. The van der Waals surface area contributed by atoms with E-state index in [1.165, 1.54) is 6.07 Å². The number of halogens is 3. The first kappa shape index (κ1) is 20.0. The van der Waals surface area contributed by atoms with Crippen LogP contribution in [0.1, 0.15) is 33.5 Å². The van der Waals surface area contributed by atoms with Gasteiger partial charge in [0.1, 0.15) is 0 Å². The van der Waals surface area contributed by atoms with Gasteiger partial charge in [-0.05, 0) is 61.2 Å². The molecule has 6 heteroatoms. The van der Waals surface area contributed by atoms with Crippen molar-refractivity contribution in [3.05, 3.63) is 89.0 Å². The van der Waals surface area contributed by atoms with Gasteiger partial charge < -0.3 is 10.2 Å². The fourth-order valence-electron chi connectivity index (χ4n) is 3.85. The molecule has 1 N–H and O–H groups in total. The molecule has 0 aromatic heterocycles. The maximum atomic E-state index is 13.4. The van der Waals surface area contributed by atoms with Crippen molar-refractivity contribution in [2.45, 2.75) is 25.9 Å². The number of fused-ring (bicyclic) bond motifs is 1. The summed E-state index contributed by atoms with van der Waals surface area (Å²) in [4.78, 5) is 14.8. The van der Waals surface area contributed by atoms with Gasteiger partial charge in [0, 0.05) is 17.8 Å². The van der Waals surface area contributed by atoms with Gasteiger partial charge in [-0.25, -0.2) is 0 Å². The first-order valence-corrected chi connectivity index (χ1v) is 9.78. The van der Waals surface area contributed by atoms with Crippen LogP contribution in [0.3, 0.4) is 0 Å². The number of benzene rings is 3. The molecule has 1 aliphatic heterocycles. The third kappa shape index (κ3) is 3.90. The van der Waals surface area contributed by atoms with Crippen molar-refractivity contribution in [2.24, 2.45) is 0 Å². The van der Waals surface area contributed by atoms with Gasteiger partial charge in [0.2, 0.25) is 0 Å². The predicted octanol–water partition coefficient (Wildman–Crippen LogP) is 6.35. The second-order valence-electron chi connectivity index (χ2n) is 7.38. The number of carbonyl (C=O) groups excluding carboxylic acids is 1. The second kappa shape index (κ2) is 7.86. The van der Waals surface area contributed by atoms with Crippen LogP contribution in [0.2, 0.25) is 0 Å². The molecule has 0 unspecified atom stereocenters. The van der Waals surface area contributed by atoms with E-state index in [-0.39, 0.29) is 5.69 Å². The number of alkyl halides is 3. The first-order chi connectivity index (χ1) is 14.3. The molecule has 3 aromatic carbocycles. The Morgan fingerprint density at radius 2 is 1.70 bits per heavy atom. The molecular formula is C24H21F3N2O. The molecule has 154 valence electrons. The monoisotopic (exact) mass is 410 g/mol. The summed E-state index contributed by atoms with van der Waals surface area (Å²) >= 11 is 0.